The maximum atomic E-state index is 13.0. The summed E-state index contributed by atoms with van der Waals surface area (Å²) >= 11 is 0. The summed E-state index contributed by atoms with van der Waals surface area (Å²) in [4.78, 5) is 6.65. The highest BCUT2D eigenvalue weighted by atomic mass is 19.1. The summed E-state index contributed by atoms with van der Waals surface area (Å²) in [6, 6.07) is 13.8. The number of aliphatic hydroxyl groups excluding tert-OH is 2. The molecule has 1 aliphatic heterocycles. The third kappa shape index (κ3) is 5.92. The second-order valence-electron chi connectivity index (χ2n) is 8.91. The Bertz CT molecular complexity index is 1160. The molecule has 0 radical (unpaired) electrons. The number of aliphatic hydroxyl groups is 2. The van der Waals surface area contributed by atoms with Gasteiger partial charge in [-0.15, -0.1) is 0 Å². The minimum atomic E-state index is -0.600. The molecule has 0 spiro atoms. The average Bonchev–Trinajstić information content (AvgIpc) is 2.88. The van der Waals surface area contributed by atoms with Crippen molar-refractivity contribution in [3.63, 3.8) is 0 Å². The Labute approximate surface area is 200 Å². The van der Waals surface area contributed by atoms with E-state index in [1.54, 1.807) is 25.4 Å². The molecule has 178 valence electrons. The van der Waals surface area contributed by atoms with Gasteiger partial charge < -0.3 is 14.9 Å². The molecule has 0 unspecified atom stereocenters. The molecule has 4 rings (SSSR count). The lowest BCUT2D eigenvalue weighted by Crippen LogP contribution is -2.42. The first kappa shape index (κ1) is 24.2. The van der Waals surface area contributed by atoms with Crippen LogP contribution in [0, 0.1) is 29.5 Å². The summed E-state index contributed by atoms with van der Waals surface area (Å²) in [7, 11) is 1.63. The van der Waals surface area contributed by atoms with Crippen molar-refractivity contribution >= 4 is 10.9 Å². The minimum absolute atomic E-state index is 0.123. The Morgan fingerprint density at radius 1 is 1.18 bits per heavy atom. The van der Waals surface area contributed by atoms with Crippen LogP contribution < -0.4 is 4.74 Å². The van der Waals surface area contributed by atoms with Crippen molar-refractivity contribution in [1.29, 1.82) is 0 Å². The van der Waals surface area contributed by atoms with Crippen molar-refractivity contribution in [1.82, 2.24) is 9.88 Å². The average molecular weight is 463 g/mol. The molecular weight excluding hydrogens is 431 g/mol. The molecule has 2 aromatic carbocycles. The zero-order valence-corrected chi connectivity index (χ0v) is 19.5. The van der Waals surface area contributed by atoms with E-state index in [9.17, 15) is 14.6 Å². The molecule has 0 aliphatic carbocycles. The van der Waals surface area contributed by atoms with Gasteiger partial charge in [0.25, 0.3) is 0 Å². The van der Waals surface area contributed by atoms with E-state index in [0.717, 1.165) is 53.7 Å². The molecule has 1 fully saturated rings. The Hall–Kier alpha value is -2.98. The molecule has 0 bridgehead atoms. The number of piperidine rings is 1. The third-order valence-electron chi connectivity index (χ3n) is 6.74. The van der Waals surface area contributed by atoms with Gasteiger partial charge in [-0.3, -0.25) is 9.88 Å². The van der Waals surface area contributed by atoms with Crippen molar-refractivity contribution in [3.05, 3.63) is 71.7 Å². The number of ether oxygens (including phenoxy) is 1. The van der Waals surface area contributed by atoms with Gasteiger partial charge in [-0.1, -0.05) is 11.8 Å². The Kier molecular flexibility index (Phi) is 8.12. The van der Waals surface area contributed by atoms with E-state index >= 15 is 0 Å². The van der Waals surface area contributed by atoms with Gasteiger partial charge in [0.2, 0.25) is 0 Å². The molecule has 1 aromatic heterocycles. The molecule has 1 aliphatic rings. The Balaban J connectivity index is 1.33. The second-order valence-corrected chi connectivity index (χ2v) is 8.91. The van der Waals surface area contributed by atoms with Crippen LogP contribution >= 0.6 is 0 Å². The number of hydrogen-bond acceptors (Lipinski definition) is 5. The summed E-state index contributed by atoms with van der Waals surface area (Å²) < 4.78 is 18.4. The smallest absolute Gasteiger partial charge is 0.123 e. The largest absolute Gasteiger partial charge is 0.497 e. The maximum Gasteiger partial charge on any atom is 0.123 e. The third-order valence-corrected chi connectivity index (χ3v) is 6.74. The lowest BCUT2D eigenvalue weighted by atomic mass is 9.81. The number of hydrogen-bond donors (Lipinski definition) is 2. The second kappa shape index (κ2) is 11.4. The lowest BCUT2D eigenvalue weighted by molar-refractivity contribution is 0.0640. The zero-order valence-electron chi connectivity index (χ0n) is 19.5. The number of halogens is 1. The van der Waals surface area contributed by atoms with Crippen LogP contribution in [-0.4, -0.2) is 53.4 Å². The fraction of sp³-hybridized carbons (Fsp3) is 0.393. The van der Waals surface area contributed by atoms with Crippen molar-refractivity contribution in [2.75, 3.05) is 33.4 Å². The van der Waals surface area contributed by atoms with Gasteiger partial charge in [0.1, 0.15) is 11.6 Å². The van der Waals surface area contributed by atoms with Crippen LogP contribution in [0.15, 0.2) is 54.7 Å². The summed E-state index contributed by atoms with van der Waals surface area (Å²) in [6.07, 6.45) is 3.56. The molecule has 2 heterocycles. The molecule has 0 saturated carbocycles. The summed E-state index contributed by atoms with van der Waals surface area (Å²) in [5.41, 5.74) is 2.49. The molecule has 0 amide bonds. The van der Waals surface area contributed by atoms with E-state index in [0.29, 0.717) is 18.9 Å². The fourth-order valence-corrected chi connectivity index (χ4v) is 4.76. The van der Waals surface area contributed by atoms with Gasteiger partial charge in [0.05, 0.1) is 25.3 Å². The first-order valence-electron chi connectivity index (χ1n) is 11.8. The van der Waals surface area contributed by atoms with Crippen molar-refractivity contribution in [2.24, 2.45) is 11.8 Å². The van der Waals surface area contributed by atoms with E-state index in [4.69, 9.17) is 4.74 Å². The van der Waals surface area contributed by atoms with Gasteiger partial charge in [-0.2, -0.15) is 0 Å². The van der Waals surface area contributed by atoms with E-state index in [-0.39, 0.29) is 18.3 Å². The quantitative estimate of drug-likeness (QED) is 0.516. The molecule has 2 N–H and O–H groups in total. The standard InChI is InChI=1S/C28H31FN2O3/c1-34-24-9-10-27-26(17-24)25(12-14-30-27)28(33)11-6-21-13-16-31(18-22(21)19-32)15-2-3-20-4-7-23(29)8-5-20/h4-5,7-10,12,14,17,21-22,28,32-33H,6,11,13,15-16,18-19H2,1H3/t21-,22-,28+/m1/s1. The molecule has 6 heteroatoms. The lowest BCUT2D eigenvalue weighted by Gasteiger charge is -2.37. The van der Waals surface area contributed by atoms with Crippen LogP contribution in [0.2, 0.25) is 0 Å². The Morgan fingerprint density at radius 3 is 2.76 bits per heavy atom. The van der Waals surface area contributed by atoms with E-state index in [1.165, 1.54) is 12.1 Å². The number of benzene rings is 2. The fourth-order valence-electron chi connectivity index (χ4n) is 4.76. The van der Waals surface area contributed by atoms with Gasteiger partial charge in [-0.05, 0) is 91.7 Å². The molecule has 3 aromatic rings. The minimum Gasteiger partial charge on any atom is -0.497 e. The van der Waals surface area contributed by atoms with Gasteiger partial charge in [0, 0.05) is 30.3 Å². The normalized spacial score (nSPS) is 19.4. The summed E-state index contributed by atoms with van der Waals surface area (Å²) in [6.45, 7) is 2.43. The predicted octanol–water partition coefficient (Wildman–Crippen LogP) is 4.18. The predicted molar refractivity (Wildman–Crippen MR) is 131 cm³/mol. The number of likely N-dealkylation sites (tertiary alicyclic amines) is 1. The zero-order chi connectivity index (χ0) is 23.9. The van der Waals surface area contributed by atoms with Crippen molar-refractivity contribution in [2.45, 2.75) is 25.4 Å². The van der Waals surface area contributed by atoms with Gasteiger partial charge in [-0.25, -0.2) is 4.39 Å². The molecule has 34 heavy (non-hydrogen) atoms. The van der Waals surface area contributed by atoms with Crippen molar-refractivity contribution < 1.29 is 19.3 Å². The molecular formula is C28H31FN2O3. The first-order valence-corrected chi connectivity index (χ1v) is 11.8. The van der Waals surface area contributed by atoms with Gasteiger partial charge >= 0.3 is 0 Å². The van der Waals surface area contributed by atoms with Gasteiger partial charge in [0.15, 0.2) is 0 Å². The summed E-state index contributed by atoms with van der Waals surface area (Å²) in [5, 5.41) is 21.9. The van der Waals surface area contributed by atoms with Crippen LogP contribution in [0.1, 0.15) is 36.5 Å². The summed E-state index contributed by atoms with van der Waals surface area (Å²) in [5.74, 6) is 7.22. The number of pyridine rings is 1. The SMILES string of the molecule is COc1ccc2nccc([C@@H](O)CC[C@@H]3CCN(CC#Cc4ccc(F)cc4)C[C@@H]3CO)c2c1. The number of nitrogens with zero attached hydrogens (tertiary/aromatic N) is 2. The van der Waals surface area contributed by atoms with E-state index in [2.05, 4.69) is 21.7 Å². The van der Waals surface area contributed by atoms with E-state index < -0.39 is 6.10 Å². The maximum absolute atomic E-state index is 13.0. The molecule has 5 nitrogen and oxygen atoms in total. The topological polar surface area (TPSA) is 65.8 Å². The monoisotopic (exact) mass is 462 g/mol. The van der Waals surface area contributed by atoms with Crippen LogP contribution in [0.4, 0.5) is 4.39 Å². The Morgan fingerprint density at radius 2 is 2.00 bits per heavy atom. The van der Waals surface area contributed by atoms with Crippen LogP contribution in [0.3, 0.4) is 0 Å². The molecule has 3 atom stereocenters. The van der Waals surface area contributed by atoms with Crippen LogP contribution in [0.5, 0.6) is 5.75 Å². The number of rotatable bonds is 7. The highest BCUT2D eigenvalue weighted by molar-refractivity contribution is 5.83. The first-order chi connectivity index (χ1) is 16.6. The van der Waals surface area contributed by atoms with Crippen LogP contribution in [-0.2, 0) is 0 Å². The highest BCUT2D eigenvalue weighted by Crippen LogP contribution is 2.33. The van der Waals surface area contributed by atoms with Crippen LogP contribution in [0.25, 0.3) is 10.9 Å². The number of methoxy groups -OCH3 is 1. The number of fused-ring (bicyclic) bond motifs is 1. The van der Waals surface area contributed by atoms with Crippen molar-refractivity contribution in [3.8, 4) is 17.6 Å². The number of aromatic nitrogens is 1. The molecule has 1 saturated heterocycles. The highest BCUT2D eigenvalue weighted by Gasteiger charge is 2.29. The van der Waals surface area contributed by atoms with E-state index in [1.807, 2.05) is 24.3 Å².